The Balaban J connectivity index is -0.000000125. The van der Waals surface area contributed by atoms with Gasteiger partial charge in [0.25, 0.3) is 0 Å². The SMILES string of the molecule is CNC(=O)PP.[CH3-].[V]. The minimum Gasteiger partial charge on any atom is -0.358 e. The van der Waals surface area contributed by atoms with E-state index in [2.05, 4.69) is 14.2 Å². The number of hydrogen-bond donors (Lipinski definition) is 1. The molecule has 0 aliphatic rings. The van der Waals surface area contributed by atoms with Gasteiger partial charge in [-0.05, 0) is 8.27 Å². The molecular formula is C3H10NOP2V-. The fourth-order valence-electron chi connectivity index (χ4n) is 0.0722. The van der Waals surface area contributed by atoms with Crippen LogP contribution in [0.5, 0.6) is 0 Å². The molecule has 0 aliphatic heterocycles. The predicted molar refractivity (Wildman–Crippen MR) is 38.9 cm³/mol. The third kappa shape index (κ3) is 10.0. The van der Waals surface area contributed by atoms with E-state index in [1.807, 2.05) is 0 Å². The van der Waals surface area contributed by atoms with E-state index in [0.717, 1.165) is 0 Å². The Morgan fingerprint density at radius 1 is 1.75 bits per heavy atom. The van der Waals surface area contributed by atoms with Crippen molar-refractivity contribution in [2.24, 2.45) is 0 Å². The van der Waals surface area contributed by atoms with E-state index in [-0.39, 0.29) is 31.6 Å². The van der Waals surface area contributed by atoms with Gasteiger partial charge in [0.1, 0.15) is 0 Å². The first-order valence-electron chi connectivity index (χ1n) is 1.49. The van der Waals surface area contributed by atoms with Crippen molar-refractivity contribution in [2.45, 2.75) is 0 Å². The average molecular weight is 189 g/mol. The number of hydrogen-bond acceptors (Lipinski definition) is 1. The molecular weight excluding hydrogens is 179 g/mol. The van der Waals surface area contributed by atoms with Crippen LogP contribution in [0.3, 0.4) is 0 Å². The van der Waals surface area contributed by atoms with Crippen LogP contribution >= 0.6 is 17.2 Å². The van der Waals surface area contributed by atoms with Gasteiger partial charge in [-0.25, -0.2) is 0 Å². The summed E-state index contributed by atoms with van der Waals surface area (Å²) in [5.41, 5.74) is 0.0833. The molecule has 0 aromatic rings. The van der Waals surface area contributed by atoms with Crippen molar-refractivity contribution in [1.82, 2.24) is 5.32 Å². The number of carbonyl (C=O) groups excluding carboxylic acids is 1. The molecule has 1 amide bonds. The van der Waals surface area contributed by atoms with E-state index in [0.29, 0.717) is 8.27 Å². The Labute approximate surface area is 66.3 Å². The van der Waals surface area contributed by atoms with Gasteiger partial charge in [-0.1, -0.05) is 0 Å². The van der Waals surface area contributed by atoms with Crippen LogP contribution in [-0.2, 0) is 18.6 Å². The first-order chi connectivity index (χ1) is 2.81. The summed E-state index contributed by atoms with van der Waals surface area (Å²) in [6, 6.07) is 0. The van der Waals surface area contributed by atoms with Crippen LogP contribution in [-0.4, -0.2) is 12.7 Å². The molecule has 0 fully saturated rings. The Morgan fingerprint density at radius 2 is 2.12 bits per heavy atom. The molecule has 0 aliphatic carbocycles. The molecule has 0 spiro atoms. The van der Waals surface area contributed by atoms with Crippen molar-refractivity contribution in [1.29, 1.82) is 0 Å². The molecule has 2 unspecified atom stereocenters. The molecule has 0 heterocycles. The van der Waals surface area contributed by atoms with Crippen molar-refractivity contribution in [3.05, 3.63) is 7.43 Å². The van der Waals surface area contributed by atoms with Gasteiger partial charge in [-0.15, -0.1) is 8.93 Å². The molecule has 0 aromatic carbocycles. The Kier molecular flexibility index (Phi) is 21.6. The second kappa shape index (κ2) is 10.8. The third-order valence-electron chi connectivity index (χ3n) is 0.358. The molecule has 1 radical (unpaired) electrons. The summed E-state index contributed by atoms with van der Waals surface area (Å²) in [4.78, 5) is 10.1. The van der Waals surface area contributed by atoms with E-state index in [1.165, 1.54) is 0 Å². The third-order valence-corrected chi connectivity index (χ3v) is 1.66. The van der Waals surface area contributed by atoms with Gasteiger partial charge in [0.2, 0.25) is 5.65 Å². The van der Waals surface area contributed by atoms with E-state index in [9.17, 15) is 4.79 Å². The molecule has 0 saturated heterocycles. The van der Waals surface area contributed by atoms with Crippen LogP contribution < -0.4 is 5.32 Å². The maximum absolute atomic E-state index is 10.1. The molecule has 2 nitrogen and oxygen atoms in total. The molecule has 0 rings (SSSR count). The number of amides is 1. The maximum atomic E-state index is 10.1. The molecule has 8 heavy (non-hydrogen) atoms. The molecule has 0 bridgehead atoms. The zero-order valence-electron chi connectivity index (χ0n) is 4.93. The quantitative estimate of drug-likeness (QED) is 0.488. The fraction of sp³-hybridized carbons (Fsp3) is 0.333. The predicted octanol–water partition coefficient (Wildman–Crippen LogP) is 1.24. The van der Waals surface area contributed by atoms with Crippen LogP contribution in [0.15, 0.2) is 0 Å². The number of carbonyl (C=O) groups is 1. The van der Waals surface area contributed by atoms with Crippen molar-refractivity contribution in [3.63, 3.8) is 0 Å². The van der Waals surface area contributed by atoms with Crippen LogP contribution in [0.25, 0.3) is 0 Å². The van der Waals surface area contributed by atoms with Gasteiger partial charge in [0.15, 0.2) is 0 Å². The monoisotopic (exact) mass is 189 g/mol. The maximum Gasteiger partial charge on any atom is 0.241 e. The molecule has 49 valence electrons. The zero-order chi connectivity index (χ0) is 4.99. The molecule has 0 saturated carbocycles. The van der Waals surface area contributed by atoms with Crippen molar-refractivity contribution < 1.29 is 23.4 Å². The summed E-state index contributed by atoms with van der Waals surface area (Å²) in [6.45, 7) is 0. The largest absolute Gasteiger partial charge is 0.358 e. The molecule has 0 aromatic heterocycles. The van der Waals surface area contributed by atoms with Crippen LogP contribution in [0.4, 0.5) is 4.79 Å². The van der Waals surface area contributed by atoms with E-state index >= 15 is 0 Å². The first kappa shape index (κ1) is 16.0. The summed E-state index contributed by atoms with van der Waals surface area (Å²) >= 11 is 0. The summed E-state index contributed by atoms with van der Waals surface area (Å²) in [5.74, 6) is 0. The first-order valence-corrected chi connectivity index (χ1v) is 4.30. The summed E-state index contributed by atoms with van der Waals surface area (Å²) < 4.78 is 0. The summed E-state index contributed by atoms with van der Waals surface area (Å²) in [7, 11) is 4.28. The van der Waals surface area contributed by atoms with Crippen LogP contribution in [0.1, 0.15) is 0 Å². The Bertz CT molecular complexity index is 55.2. The summed E-state index contributed by atoms with van der Waals surface area (Å²) in [6.07, 6.45) is 0. The van der Waals surface area contributed by atoms with Crippen molar-refractivity contribution >= 4 is 22.8 Å². The minimum atomic E-state index is 0. The van der Waals surface area contributed by atoms with Crippen molar-refractivity contribution in [3.8, 4) is 0 Å². The van der Waals surface area contributed by atoms with Crippen molar-refractivity contribution in [2.75, 3.05) is 7.05 Å². The van der Waals surface area contributed by atoms with E-state index in [1.54, 1.807) is 7.05 Å². The van der Waals surface area contributed by atoms with Gasteiger partial charge in [0.05, 0.1) is 0 Å². The smallest absolute Gasteiger partial charge is 0.241 e. The normalized spacial score (nSPS) is 7.25. The van der Waals surface area contributed by atoms with Crippen LogP contribution in [0, 0.1) is 7.43 Å². The zero-order valence-corrected chi connectivity index (χ0v) is 8.48. The van der Waals surface area contributed by atoms with Crippen LogP contribution in [0.2, 0.25) is 0 Å². The van der Waals surface area contributed by atoms with E-state index in [4.69, 9.17) is 0 Å². The van der Waals surface area contributed by atoms with Gasteiger partial charge < -0.3 is 12.7 Å². The number of nitrogens with one attached hydrogen (secondary N) is 1. The molecule has 2 atom stereocenters. The van der Waals surface area contributed by atoms with Gasteiger partial charge in [0, 0.05) is 25.6 Å². The Morgan fingerprint density at radius 3 is 2.12 bits per heavy atom. The molecule has 1 N–H and O–H groups in total. The average Bonchev–Trinajstić information content (AvgIpc) is 1.65. The fourth-order valence-corrected chi connectivity index (χ4v) is 0.650. The second-order valence-electron chi connectivity index (χ2n) is 0.723. The Hall–Kier alpha value is 0.914. The number of rotatable bonds is 1. The topological polar surface area (TPSA) is 29.1 Å². The van der Waals surface area contributed by atoms with E-state index < -0.39 is 0 Å². The minimum absolute atomic E-state index is 0. The molecule has 5 heteroatoms. The standard InChI is InChI=1S/C2H7NOP2.CH3.V/c1-3-2(4)6-5;;/h6H,5H2,1H3,(H,3,4);1H3;/q;-1;. The summed E-state index contributed by atoms with van der Waals surface area (Å²) in [5, 5.41) is 2.47. The van der Waals surface area contributed by atoms with Gasteiger partial charge in [-0.2, -0.15) is 0 Å². The second-order valence-corrected chi connectivity index (χ2v) is 2.33. The van der Waals surface area contributed by atoms with Gasteiger partial charge in [-0.3, -0.25) is 4.79 Å². The van der Waals surface area contributed by atoms with Gasteiger partial charge >= 0.3 is 0 Å².